The standard InChI is InChI=1S/C12H20O6/c1-8-9(10(16-2)5-6-17-8)7-18-12(15)4-3-11(13)14/h8-10H,3-7H2,1-2H3,(H,13,14)/t8?,9-,10?/m0/s1. The molecule has 1 heterocycles. The van der Waals surface area contributed by atoms with Gasteiger partial charge in [-0.2, -0.15) is 0 Å². The minimum absolute atomic E-state index is 0.00229. The summed E-state index contributed by atoms with van der Waals surface area (Å²) in [6.45, 7) is 2.77. The van der Waals surface area contributed by atoms with E-state index in [2.05, 4.69) is 0 Å². The number of aliphatic carboxylic acids is 1. The summed E-state index contributed by atoms with van der Waals surface area (Å²) in [5.74, 6) is -1.50. The predicted octanol–water partition coefficient (Wildman–Crippen LogP) is 0.834. The highest BCUT2D eigenvalue weighted by atomic mass is 16.5. The zero-order valence-electron chi connectivity index (χ0n) is 10.8. The van der Waals surface area contributed by atoms with E-state index in [1.165, 1.54) is 0 Å². The molecule has 0 radical (unpaired) electrons. The van der Waals surface area contributed by atoms with Crippen LogP contribution in [-0.4, -0.2) is 49.6 Å². The monoisotopic (exact) mass is 260 g/mol. The van der Waals surface area contributed by atoms with Crippen molar-refractivity contribution in [2.45, 2.75) is 38.4 Å². The lowest BCUT2D eigenvalue weighted by Crippen LogP contribution is -2.42. The quantitative estimate of drug-likeness (QED) is 0.712. The third-order valence-electron chi connectivity index (χ3n) is 3.15. The van der Waals surface area contributed by atoms with Gasteiger partial charge in [-0.1, -0.05) is 0 Å². The van der Waals surface area contributed by atoms with Gasteiger partial charge in [-0.3, -0.25) is 9.59 Å². The molecule has 1 fully saturated rings. The van der Waals surface area contributed by atoms with Crippen LogP contribution in [0.4, 0.5) is 0 Å². The van der Waals surface area contributed by atoms with E-state index in [-0.39, 0.29) is 37.6 Å². The number of carboxylic acid groups (broad SMARTS) is 1. The maximum Gasteiger partial charge on any atom is 0.306 e. The molecule has 1 saturated heterocycles. The molecular weight excluding hydrogens is 240 g/mol. The highest BCUT2D eigenvalue weighted by Gasteiger charge is 2.32. The van der Waals surface area contributed by atoms with Gasteiger partial charge < -0.3 is 19.3 Å². The summed E-state index contributed by atoms with van der Waals surface area (Å²) >= 11 is 0. The van der Waals surface area contributed by atoms with Gasteiger partial charge >= 0.3 is 11.9 Å². The van der Waals surface area contributed by atoms with Crippen molar-refractivity contribution in [1.29, 1.82) is 0 Å². The Morgan fingerprint density at radius 3 is 2.72 bits per heavy atom. The first kappa shape index (κ1) is 14.9. The Kier molecular flexibility index (Phi) is 6.07. The summed E-state index contributed by atoms with van der Waals surface area (Å²) in [4.78, 5) is 21.6. The number of carbonyl (C=O) groups excluding carboxylic acids is 1. The van der Waals surface area contributed by atoms with Gasteiger partial charge in [0.05, 0.1) is 31.7 Å². The van der Waals surface area contributed by atoms with Gasteiger partial charge in [0, 0.05) is 19.6 Å². The highest BCUT2D eigenvalue weighted by molar-refractivity contribution is 5.76. The van der Waals surface area contributed by atoms with Crippen molar-refractivity contribution < 1.29 is 28.9 Å². The molecule has 104 valence electrons. The third-order valence-corrected chi connectivity index (χ3v) is 3.15. The summed E-state index contributed by atoms with van der Waals surface area (Å²) in [7, 11) is 1.63. The second-order valence-corrected chi connectivity index (χ2v) is 4.38. The number of carbonyl (C=O) groups is 2. The minimum Gasteiger partial charge on any atom is -0.481 e. The molecule has 0 aromatic heterocycles. The summed E-state index contributed by atoms with van der Waals surface area (Å²) in [6, 6.07) is 0. The molecule has 3 atom stereocenters. The lowest BCUT2D eigenvalue weighted by Gasteiger charge is -2.35. The molecular formula is C12H20O6. The molecule has 0 amide bonds. The van der Waals surface area contributed by atoms with E-state index < -0.39 is 11.9 Å². The molecule has 6 nitrogen and oxygen atoms in total. The lowest BCUT2D eigenvalue weighted by molar-refractivity contribution is -0.157. The fourth-order valence-electron chi connectivity index (χ4n) is 2.02. The molecule has 18 heavy (non-hydrogen) atoms. The molecule has 1 aliphatic heterocycles. The van der Waals surface area contributed by atoms with Crippen LogP contribution in [0.5, 0.6) is 0 Å². The Morgan fingerprint density at radius 2 is 2.11 bits per heavy atom. The number of carboxylic acids is 1. The van der Waals surface area contributed by atoms with Gasteiger partial charge in [0.2, 0.25) is 0 Å². The summed E-state index contributed by atoms with van der Waals surface area (Å²) < 4.78 is 15.9. The van der Waals surface area contributed by atoms with Crippen molar-refractivity contribution in [1.82, 2.24) is 0 Å². The van der Waals surface area contributed by atoms with Crippen molar-refractivity contribution in [2.24, 2.45) is 5.92 Å². The van der Waals surface area contributed by atoms with Crippen LogP contribution >= 0.6 is 0 Å². The molecule has 2 unspecified atom stereocenters. The molecule has 0 aromatic carbocycles. The van der Waals surface area contributed by atoms with E-state index in [4.69, 9.17) is 19.3 Å². The van der Waals surface area contributed by atoms with Crippen LogP contribution in [0.15, 0.2) is 0 Å². The van der Waals surface area contributed by atoms with Gasteiger partial charge in [-0.15, -0.1) is 0 Å². The number of ether oxygens (including phenoxy) is 3. The number of methoxy groups -OCH3 is 1. The van der Waals surface area contributed by atoms with Crippen molar-refractivity contribution >= 4 is 11.9 Å². The van der Waals surface area contributed by atoms with Gasteiger partial charge in [-0.25, -0.2) is 0 Å². The van der Waals surface area contributed by atoms with E-state index in [1.807, 2.05) is 6.92 Å². The minimum atomic E-state index is -1.00. The number of rotatable bonds is 6. The van der Waals surface area contributed by atoms with Crippen LogP contribution < -0.4 is 0 Å². The van der Waals surface area contributed by atoms with Crippen molar-refractivity contribution in [2.75, 3.05) is 20.3 Å². The average Bonchev–Trinajstić information content (AvgIpc) is 2.34. The average molecular weight is 260 g/mol. The van der Waals surface area contributed by atoms with Crippen molar-refractivity contribution in [3.05, 3.63) is 0 Å². The maximum absolute atomic E-state index is 11.3. The molecule has 0 spiro atoms. The Morgan fingerprint density at radius 1 is 1.39 bits per heavy atom. The van der Waals surface area contributed by atoms with Crippen molar-refractivity contribution in [3.8, 4) is 0 Å². The Hall–Kier alpha value is -1.14. The summed E-state index contributed by atoms with van der Waals surface area (Å²) in [5, 5.41) is 8.45. The van der Waals surface area contributed by atoms with Crippen molar-refractivity contribution in [3.63, 3.8) is 0 Å². The molecule has 6 heteroatoms. The SMILES string of the molecule is COC1CCOC(C)[C@@H]1COC(=O)CCC(=O)O. The third kappa shape index (κ3) is 4.62. The van der Waals surface area contributed by atoms with E-state index in [0.717, 1.165) is 6.42 Å². The highest BCUT2D eigenvalue weighted by Crippen LogP contribution is 2.23. The van der Waals surface area contributed by atoms with Crippen LogP contribution in [0.25, 0.3) is 0 Å². The van der Waals surface area contributed by atoms with E-state index in [1.54, 1.807) is 7.11 Å². The fraction of sp³-hybridized carbons (Fsp3) is 0.833. The van der Waals surface area contributed by atoms with Crippen LogP contribution in [0, 0.1) is 5.92 Å². The Bertz CT molecular complexity index is 290. The molecule has 0 bridgehead atoms. The maximum atomic E-state index is 11.3. The van der Waals surface area contributed by atoms with Crippen LogP contribution in [-0.2, 0) is 23.8 Å². The van der Waals surface area contributed by atoms with Gasteiger partial charge in [0.15, 0.2) is 0 Å². The molecule has 0 aliphatic carbocycles. The summed E-state index contributed by atoms with van der Waals surface area (Å²) in [6.07, 6.45) is 0.452. The second kappa shape index (κ2) is 7.33. The van der Waals surface area contributed by atoms with E-state index >= 15 is 0 Å². The van der Waals surface area contributed by atoms with Gasteiger partial charge in [0.25, 0.3) is 0 Å². The van der Waals surface area contributed by atoms with E-state index in [0.29, 0.717) is 6.61 Å². The number of hydrogen-bond acceptors (Lipinski definition) is 5. The Labute approximate surface area is 106 Å². The Balaban J connectivity index is 2.35. The molecule has 0 aromatic rings. The first-order valence-corrected chi connectivity index (χ1v) is 6.06. The van der Waals surface area contributed by atoms with E-state index in [9.17, 15) is 9.59 Å². The topological polar surface area (TPSA) is 82.1 Å². The summed E-state index contributed by atoms with van der Waals surface area (Å²) in [5.41, 5.74) is 0. The molecule has 1 N–H and O–H groups in total. The van der Waals surface area contributed by atoms with Gasteiger partial charge in [0.1, 0.15) is 0 Å². The molecule has 1 rings (SSSR count). The first-order valence-electron chi connectivity index (χ1n) is 6.06. The zero-order chi connectivity index (χ0) is 13.5. The normalized spacial score (nSPS) is 27.8. The smallest absolute Gasteiger partial charge is 0.306 e. The van der Waals surface area contributed by atoms with Crippen LogP contribution in [0.2, 0.25) is 0 Å². The zero-order valence-corrected chi connectivity index (χ0v) is 10.8. The largest absolute Gasteiger partial charge is 0.481 e. The van der Waals surface area contributed by atoms with Crippen LogP contribution in [0.3, 0.4) is 0 Å². The first-order chi connectivity index (χ1) is 8.54. The second-order valence-electron chi connectivity index (χ2n) is 4.38. The number of hydrogen-bond donors (Lipinski definition) is 1. The fourth-order valence-corrected chi connectivity index (χ4v) is 2.02. The van der Waals surface area contributed by atoms with Gasteiger partial charge in [-0.05, 0) is 13.3 Å². The molecule has 1 aliphatic rings. The predicted molar refractivity (Wildman–Crippen MR) is 62.1 cm³/mol. The lowest BCUT2D eigenvalue weighted by atomic mass is 9.93. The number of esters is 1. The molecule has 0 saturated carbocycles. The van der Waals surface area contributed by atoms with Crippen LogP contribution in [0.1, 0.15) is 26.2 Å².